The Kier molecular flexibility index (Phi) is 6.68. The molecule has 2 heterocycles. The Morgan fingerprint density at radius 3 is 2.52 bits per heavy atom. The van der Waals surface area contributed by atoms with Gasteiger partial charge in [-0.3, -0.25) is 4.99 Å². The molecular weight excluding hydrogens is 364 g/mol. The predicted octanol–water partition coefficient (Wildman–Crippen LogP) is 3.01. The van der Waals surface area contributed by atoms with E-state index in [9.17, 15) is 0 Å². The summed E-state index contributed by atoms with van der Waals surface area (Å²) in [6.07, 6.45) is -0.0585. The van der Waals surface area contributed by atoms with Gasteiger partial charge in [-0.1, -0.05) is 30.8 Å². The molecule has 0 spiro atoms. The highest BCUT2D eigenvalue weighted by molar-refractivity contribution is 8.14. The molecule has 1 aromatic rings. The van der Waals surface area contributed by atoms with Crippen molar-refractivity contribution in [3.8, 4) is 5.75 Å². The minimum absolute atomic E-state index is 0.00274. The van der Waals surface area contributed by atoms with E-state index < -0.39 is 0 Å². The molecule has 0 aromatic heterocycles. The summed E-state index contributed by atoms with van der Waals surface area (Å²) >= 11 is 1.67. The molecule has 2 aliphatic rings. The van der Waals surface area contributed by atoms with Crippen molar-refractivity contribution >= 4 is 16.9 Å². The van der Waals surface area contributed by atoms with Crippen LogP contribution in [0, 0.1) is 5.92 Å². The van der Waals surface area contributed by atoms with Gasteiger partial charge in [-0.05, 0) is 24.6 Å². The molecular formula is C20H30N2O4S. The van der Waals surface area contributed by atoms with Crippen molar-refractivity contribution in [3.05, 3.63) is 29.8 Å². The van der Waals surface area contributed by atoms with Crippen LogP contribution in [0.5, 0.6) is 5.75 Å². The Morgan fingerprint density at radius 2 is 1.93 bits per heavy atom. The highest BCUT2D eigenvalue weighted by Crippen LogP contribution is 2.41. The second-order valence-electron chi connectivity index (χ2n) is 7.31. The quantitative estimate of drug-likeness (QED) is 0.739. The summed E-state index contributed by atoms with van der Waals surface area (Å²) in [5.74, 6) is 1.02. The third-order valence-electron chi connectivity index (χ3n) is 5.24. The first-order chi connectivity index (χ1) is 12.9. The molecule has 0 saturated carbocycles. The van der Waals surface area contributed by atoms with Crippen molar-refractivity contribution in [2.75, 3.05) is 28.3 Å². The third-order valence-corrected chi connectivity index (χ3v) is 6.55. The van der Waals surface area contributed by atoms with E-state index in [1.165, 1.54) is 0 Å². The van der Waals surface area contributed by atoms with Crippen LogP contribution in [-0.4, -0.2) is 68.2 Å². The maximum absolute atomic E-state index is 6.41. The molecule has 6 atom stereocenters. The number of rotatable bonds is 6. The van der Waals surface area contributed by atoms with Crippen molar-refractivity contribution in [3.63, 3.8) is 0 Å². The summed E-state index contributed by atoms with van der Waals surface area (Å²) < 4.78 is 23.6. The van der Waals surface area contributed by atoms with Crippen molar-refractivity contribution in [1.82, 2.24) is 4.90 Å². The van der Waals surface area contributed by atoms with E-state index in [2.05, 4.69) is 13.8 Å². The molecule has 27 heavy (non-hydrogen) atoms. The molecule has 1 fully saturated rings. The first-order valence-electron chi connectivity index (χ1n) is 9.29. The Bertz CT molecular complexity index is 652. The predicted molar refractivity (Wildman–Crippen MR) is 108 cm³/mol. The number of thioether (sulfide) groups is 1. The highest BCUT2D eigenvalue weighted by atomic mass is 32.2. The summed E-state index contributed by atoms with van der Waals surface area (Å²) in [6.45, 7) is 4.76. The van der Waals surface area contributed by atoms with E-state index in [-0.39, 0.29) is 35.7 Å². The Hall–Kier alpha value is -1.28. The molecule has 3 rings (SSSR count). The standard InChI is InChI=1S/C20H30N2O4S/c1-12-17(13(2)23-5)26-19-16(21-20(27-19)22(3)4)18(12)25-11-14-7-9-15(24-6)10-8-14/h7-10,12-13,16-19H,11H2,1-6H3/t12-,13?,16-,17+,18+,19-/m1/s1. The number of benzene rings is 1. The fraction of sp³-hybridized carbons (Fsp3) is 0.650. The van der Waals surface area contributed by atoms with Gasteiger partial charge in [0.1, 0.15) is 17.2 Å². The van der Waals surface area contributed by atoms with Gasteiger partial charge in [0.25, 0.3) is 0 Å². The van der Waals surface area contributed by atoms with Crippen LogP contribution in [-0.2, 0) is 20.8 Å². The van der Waals surface area contributed by atoms with Crippen LogP contribution in [0.25, 0.3) is 0 Å². The summed E-state index contributed by atoms with van der Waals surface area (Å²) in [6, 6.07) is 7.97. The molecule has 7 heteroatoms. The Balaban J connectivity index is 1.76. The lowest BCUT2D eigenvalue weighted by Crippen LogP contribution is -2.54. The van der Waals surface area contributed by atoms with Crippen LogP contribution in [0.15, 0.2) is 29.3 Å². The minimum atomic E-state index is -0.0398. The Labute approximate surface area is 166 Å². The van der Waals surface area contributed by atoms with Gasteiger partial charge in [0.15, 0.2) is 5.17 Å². The fourth-order valence-corrected chi connectivity index (χ4v) is 4.70. The number of methoxy groups -OCH3 is 2. The molecule has 0 radical (unpaired) electrons. The van der Waals surface area contributed by atoms with Gasteiger partial charge in [-0.15, -0.1) is 0 Å². The van der Waals surface area contributed by atoms with E-state index in [0.29, 0.717) is 6.61 Å². The van der Waals surface area contributed by atoms with Crippen LogP contribution in [0.2, 0.25) is 0 Å². The van der Waals surface area contributed by atoms with Crippen LogP contribution >= 0.6 is 11.8 Å². The lowest BCUT2D eigenvalue weighted by atomic mass is 9.87. The normalized spacial score (nSPS) is 31.2. The third kappa shape index (κ3) is 4.42. The Morgan fingerprint density at radius 1 is 1.22 bits per heavy atom. The monoisotopic (exact) mass is 394 g/mol. The summed E-state index contributed by atoms with van der Waals surface area (Å²) in [5.41, 5.74) is 1.08. The number of amidine groups is 1. The van der Waals surface area contributed by atoms with Gasteiger partial charge in [-0.25, -0.2) is 0 Å². The average molecular weight is 395 g/mol. The highest BCUT2D eigenvalue weighted by Gasteiger charge is 2.50. The van der Waals surface area contributed by atoms with Crippen LogP contribution in [0.1, 0.15) is 19.4 Å². The molecule has 1 aromatic carbocycles. The largest absolute Gasteiger partial charge is 0.497 e. The fourth-order valence-electron chi connectivity index (χ4n) is 3.56. The molecule has 0 bridgehead atoms. The maximum atomic E-state index is 6.41. The smallest absolute Gasteiger partial charge is 0.161 e. The molecule has 0 N–H and O–H groups in total. The first-order valence-corrected chi connectivity index (χ1v) is 10.2. The number of ether oxygens (including phenoxy) is 4. The lowest BCUT2D eigenvalue weighted by Gasteiger charge is -2.43. The number of nitrogens with zero attached hydrogens (tertiary/aromatic N) is 2. The van der Waals surface area contributed by atoms with Crippen LogP contribution < -0.4 is 4.74 Å². The average Bonchev–Trinajstić information content (AvgIpc) is 3.11. The first kappa shape index (κ1) is 20.5. The molecule has 2 aliphatic heterocycles. The minimum Gasteiger partial charge on any atom is -0.497 e. The second kappa shape index (κ2) is 8.82. The van der Waals surface area contributed by atoms with Crippen molar-refractivity contribution in [2.24, 2.45) is 10.9 Å². The van der Waals surface area contributed by atoms with Gasteiger partial charge in [0.05, 0.1) is 32.0 Å². The molecule has 1 saturated heterocycles. The van der Waals surface area contributed by atoms with Crippen molar-refractivity contribution < 1.29 is 18.9 Å². The van der Waals surface area contributed by atoms with E-state index >= 15 is 0 Å². The molecule has 1 unspecified atom stereocenters. The topological polar surface area (TPSA) is 52.5 Å². The van der Waals surface area contributed by atoms with Gasteiger partial charge >= 0.3 is 0 Å². The SMILES string of the molecule is COc1ccc(CO[C@H]2[C@H](C)[C@@H](C(C)OC)O[C@@H]3SC(N(C)C)=N[C@H]23)cc1. The lowest BCUT2D eigenvalue weighted by molar-refractivity contribution is -0.170. The second-order valence-corrected chi connectivity index (χ2v) is 8.37. The molecule has 6 nitrogen and oxygen atoms in total. The number of hydrogen-bond acceptors (Lipinski definition) is 7. The summed E-state index contributed by atoms with van der Waals surface area (Å²) in [4.78, 5) is 6.93. The molecule has 0 amide bonds. The van der Waals surface area contributed by atoms with E-state index in [1.807, 2.05) is 43.3 Å². The van der Waals surface area contributed by atoms with E-state index in [1.54, 1.807) is 26.0 Å². The van der Waals surface area contributed by atoms with Crippen LogP contribution in [0.4, 0.5) is 0 Å². The summed E-state index contributed by atoms with van der Waals surface area (Å²) in [7, 11) is 7.41. The van der Waals surface area contributed by atoms with Gasteiger partial charge in [0.2, 0.25) is 0 Å². The van der Waals surface area contributed by atoms with Gasteiger partial charge in [0, 0.05) is 27.1 Å². The van der Waals surface area contributed by atoms with E-state index in [4.69, 9.17) is 23.9 Å². The molecule has 150 valence electrons. The maximum Gasteiger partial charge on any atom is 0.161 e. The van der Waals surface area contributed by atoms with Gasteiger partial charge in [-0.2, -0.15) is 0 Å². The number of hydrogen-bond donors (Lipinski definition) is 0. The number of fused-ring (bicyclic) bond motifs is 1. The zero-order valence-corrected chi connectivity index (χ0v) is 17.7. The number of aliphatic imine (C=N–C) groups is 1. The van der Waals surface area contributed by atoms with E-state index in [0.717, 1.165) is 16.5 Å². The van der Waals surface area contributed by atoms with Crippen molar-refractivity contribution in [1.29, 1.82) is 0 Å². The van der Waals surface area contributed by atoms with Crippen molar-refractivity contribution in [2.45, 2.75) is 50.2 Å². The van der Waals surface area contributed by atoms with Gasteiger partial charge < -0.3 is 23.8 Å². The molecule has 0 aliphatic carbocycles. The zero-order valence-electron chi connectivity index (χ0n) is 16.9. The van der Waals surface area contributed by atoms with Crippen LogP contribution in [0.3, 0.4) is 0 Å². The zero-order chi connectivity index (χ0) is 19.6. The summed E-state index contributed by atoms with van der Waals surface area (Å²) in [5, 5.41) is 0.987.